The van der Waals surface area contributed by atoms with Gasteiger partial charge in [0.1, 0.15) is 0 Å². The molecule has 1 aliphatic heterocycles. The highest BCUT2D eigenvalue weighted by molar-refractivity contribution is 7.89. The first-order chi connectivity index (χ1) is 15.3. The van der Waals surface area contributed by atoms with Crippen molar-refractivity contribution in [1.82, 2.24) is 19.4 Å². The molecule has 0 radical (unpaired) electrons. The fraction of sp³-hybridized carbons (Fsp3) is 0.500. The van der Waals surface area contributed by atoms with Gasteiger partial charge in [0, 0.05) is 29.3 Å². The average molecular weight is 494 g/mol. The van der Waals surface area contributed by atoms with Crippen LogP contribution in [0.4, 0.5) is 5.13 Å². The quantitative estimate of drug-likeness (QED) is 0.555. The van der Waals surface area contributed by atoms with Crippen molar-refractivity contribution in [2.24, 2.45) is 5.92 Å². The molecule has 1 saturated heterocycles. The van der Waals surface area contributed by atoms with E-state index in [0.717, 1.165) is 18.5 Å². The number of aromatic nitrogens is 3. The van der Waals surface area contributed by atoms with Gasteiger partial charge in [0.25, 0.3) is 0 Å². The van der Waals surface area contributed by atoms with Crippen LogP contribution in [-0.2, 0) is 14.8 Å². The van der Waals surface area contributed by atoms with Crippen LogP contribution in [0.5, 0.6) is 0 Å². The van der Waals surface area contributed by atoms with E-state index in [9.17, 15) is 13.2 Å². The second kappa shape index (κ2) is 8.32. The topological polar surface area (TPSA) is 118 Å². The summed E-state index contributed by atoms with van der Waals surface area (Å²) in [4.78, 5) is 23.0. The highest BCUT2D eigenvalue weighted by Crippen LogP contribution is 2.41. The van der Waals surface area contributed by atoms with Crippen LogP contribution in [0.1, 0.15) is 48.1 Å². The minimum Gasteiger partial charge on any atom is -0.339 e. The van der Waals surface area contributed by atoms with E-state index in [1.165, 1.54) is 27.0 Å². The third-order valence-electron chi connectivity index (χ3n) is 5.68. The van der Waals surface area contributed by atoms with Crippen LogP contribution < -0.4 is 5.32 Å². The van der Waals surface area contributed by atoms with E-state index in [2.05, 4.69) is 20.4 Å². The van der Waals surface area contributed by atoms with Crippen LogP contribution in [-0.4, -0.2) is 46.8 Å². The lowest BCUT2D eigenvalue weighted by atomic mass is 9.99. The molecule has 2 fully saturated rings. The van der Waals surface area contributed by atoms with Gasteiger partial charge in [-0.3, -0.25) is 4.79 Å². The predicted octanol–water partition coefficient (Wildman–Crippen LogP) is 3.79. The van der Waals surface area contributed by atoms with Crippen molar-refractivity contribution < 1.29 is 17.7 Å². The van der Waals surface area contributed by atoms with Gasteiger partial charge in [0.2, 0.25) is 27.6 Å². The summed E-state index contributed by atoms with van der Waals surface area (Å²) < 4.78 is 33.6. The van der Waals surface area contributed by atoms with Crippen LogP contribution in [0.3, 0.4) is 0 Å². The lowest BCUT2D eigenvalue weighted by Gasteiger charge is -2.31. The van der Waals surface area contributed by atoms with Gasteiger partial charge in [-0.2, -0.15) is 9.29 Å². The molecule has 1 aliphatic carbocycles. The summed E-state index contributed by atoms with van der Waals surface area (Å²) >= 11 is 2.70. The molecule has 4 heterocycles. The summed E-state index contributed by atoms with van der Waals surface area (Å²) in [5, 5.41) is 9.25. The monoisotopic (exact) mass is 493 g/mol. The Kier molecular flexibility index (Phi) is 5.64. The number of carbonyl (C=O) groups excluding carboxylic acids is 1. The van der Waals surface area contributed by atoms with Crippen molar-refractivity contribution in [2.45, 2.75) is 50.3 Å². The Hall–Kier alpha value is -2.15. The molecule has 1 amide bonds. The molecule has 1 N–H and O–H groups in total. The molecule has 1 atom stereocenters. The summed E-state index contributed by atoms with van der Waals surface area (Å²) in [5.41, 5.74) is 0.840. The Balaban J connectivity index is 1.33. The van der Waals surface area contributed by atoms with Gasteiger partial charge in [-0.05, 0) is 45.6 Å². The number of rotatable bonds is 6. The summed E-state index contributed by atoms with van der Waals surface area (Å²) in [7, 11) is -3.75. The van der Waals surface area contributed by atoms with E-state index in [4.69, 9.17) is 4.52 Å². The Labute approximate surface area is 193 Å². The molecule has 5 rings (SSSR count). The zero-order valence-electron chi connectivity index (χ0n) is 17.7. The molecule has 0 spiro atoms. The maximum Gasteiger partial charge on any atom is 0.244 e. The Morgan fingerprint density at radius 2 is 2.06 bits per heavy atom. The first-order valence-electron chi connectivity index (χ1n) is 10.5. The van der Waals surface area contributed by atoms with Crippen molar-refractivity contribution in [1.29, 1.82) is 0 Å². The van der Waals surface area contributed by atoms with E-state index in [-0.39, 0.29) is 17.3 Å². The maximum atomic E-state index is 13.4. The van der Waals surface area contributed by atoms with Crippen molar-refractivity contribution >= 4 is 43.7 Å². The van der Waals surface area contributed by atoms with Crippen molar-refractivity contribution in [2.75, 3.05) is 18.4 Å². The molecule has 12 heteroatoms. The summed E-state index contributed by atoms with van der Waals surface area (Å²) in [6.07, 6.45) is 3.37. The molecular formula is C20H23N5O4S3. The zero-order valence-corrected chi connectivity index (χ0v) is 20.1. The highest BCUT2D eigenvalue weighted by Gasteiger charge is 2.36. The van der Waals surface area contributed by atoms with Crippen LogP contribution in [0.15, 0.2) is 20.9 Å². The summed E-state index contributed by atoms with van der Waals surface area (Å²) in [5.74, 6) is 0.776. The van der Waals surface area contributed by atoms with Gasteiger partial charge in [-0.25, -0.2) is 13.4 Å². The minimum atomic E-state index is -3.75. The largest absolute Gasteiger partial charge is 0.339 e. The molecule has 3 aromatic rings. The van der Waals surface area contributed by atoms with Gasteiger partial charge in [0.05, 0.1) is 21.4 Å². The molecule has 2 aliphatic rings. The number of carbonyl (C=O) groups is 1. The second-order valence-electron chi connectivity index (χ2n) is 8.25. The number of hydrogen-bond acceptors (Lipinski definition) is 9. The van der Waals surface area contributed by atoms with Crippen molar-refractivity contribution in [3.63, 3.8) is 0 Å². The third-order valence-corrected chi connectivity index (χ3v) is 9.73. The lowest BCUT2D eigenvalue weighted by molar-refractivity contribution is -0.120. The number of anilines is 1. The van der Waals surface area contributed by atoms with Crippen LogP contribution in [0, 0.1) is 19.8 Å². The number of sulfonamides is 1. The fourth-order valence-corrected chi connectivity index (χ4v) is 7.50. The first kappa shape index (κ1) is 21.7. The molecule has 9 nitrogen and oxygen atoms in total. The van der Waals surface area contributed by atoms with Gasteiger partial charge >= 0.3 is 0 Å². The molecule has 0 unspecified atom stereocenters. The standard InChI is InChI=1S/C20H23N5O4S3/c1-11-10-30-20(21-11)23-18(26)14-4-3-7-25(9-14)32(27,28)16-8-15(31-12(16)2)17-22-19(29-24-17)13-5-6-13/h8,10,13-14H,3-7,9H2,1-2H3,(H,21,23,26)/t14-/m0/s1. The third kappa shape index (κ3) is 4.24. The number of amides is 1. The number of thiophene rings is 1. The van der Waals surface area contributed by atoms with Gasteiger partial charge in [-0.15, -0.1) is 22.7 Å². The van der Waals surface area contributed by atoms with Crippen LogP contribution in [0.25, 0.3) is 10.7 Å². The van der Waals surface area contributed by atoms with Gasteiger partial charge < -0.3 is 9.84 Å². The van der Waals surface area contributed by atoms with Crippen molar-refractivity contribution in [3.05, 3.63) is 27.9 Å². The van der Waals surface area contributed by atoms with Crippen LogP contribution in [0.2, 0.25) is 0 Å². The maximum absolute atomic E-state index is 13.4. The summed E-state index contributed by atoms with van der Waals surface area (Å²) in [6.45, 7) is 4.18. The van der Waals surface area contributed by atoms with Crippen LogP contribution >= 0.6 is 22.7 Å². The van der Waals surface area contributed by atoms with Gasteiger partial charge in [-0.1, -0.05) is 5.16 Å². The van der Waals surface area contributed by atoms with E-state index in [1.807, 2.05) is 12.3 Å². The number of hydrogen-bond donors (Lipinski definition) is 1. The number of thiazole rings is 1. The van der Waals surface area contributed by atoms with E-state index < -0.39 is 15.9 Å². The molecule has 0 aromatic carbocycles. The number of piperidine rings is 1. The zero-order chi connectivity index (χ0) is 22.5. The van der Waals surface area contributed by atoms with E-state index in [1.54, 1.807) is 13.0 Å². The number of nitrogens with one attached hydrogen (secondary N) is 1. The average Bonchev–Trinajstić information content (AvgIpc) is 3.15. The molecule has 1 saturated carbocycles. The number of nitrogens with zero attached hydrogens (tertiary/aromatic N) is 4. The Morgan fingerprint density at radius 1 is 1.25 bits per heavy atom. The van der Waals surface area contributed by atoms with E-state index in [0.29, 0.717) is 51.9 Å². The molecule has 3 aromatic heterocycles. The predicted molar refractivity (Wildman–Crippen MR) is 121 cm³/mol. The molecular weight excluding hydrogens is 470 g/mol. The Bertz CT molecular complexity index is 1260. The fourth-order valence-electron chi connectivity index (χ4n) is 3.80. The lowest BCUT2D eigenvalue weighted by Crippen LogP contribution is -2.43. The minimum absolute atomic E-state index is 0.150. The molecule has 170 valence electrons. The number of aryl methyl sites for hydroxylation is 2. The second-order valence-corrected chi connectivity index (χ2v) is 12.3. The van der Waals surface area contributed by atoms with Crippen molar-refractivity contribution in [3.8, 4) is 10.7 Å². The molecule has 0 bridgehead atoms. The van der Waals surface area contributed by atoms with Gasteiger partial charge in [0.15, 0.2) is 5.13 Å². The normalized spacial score (nSPS) is 19.9. The first-order valence-corrected chi connectivity index (χ1v) is 13.6. The highest BCUT2D eigenvalue weighted by atomic mass is 32.2. The SMILES string of the molecule is Cc1csc(NC(=O)[C@H]2CCCN(S(=O)(=O)c3cc(-c4noc(C5CC5)n4)sc3C)C2)n1. The van der Waals surface area contributed by atoms with E-state index >= 15 is 0 Å². The molecule has 32 heavy (non-hydrogen) atoms. The Morgan fingerprint density at radius 3 is 2.78 bits per heavy atom. The summed E-state index contributed by atoms with van der Waals surface area (Å²) in [6, 6.07) is 1.62. The smallest absolute Gasteiger partial charge is 0.244 e.